The van der Waals surface area contributed by atoms with Gasteiger partial charge in [0.2, 0.25) is 0 Å². The Hall–Kier alpha value is -3.08. The van der Waals surface area contributed by atoms with Crippen molar-refractivity contribution < 1.29 is 42.4 Å². The third-order valence-electron chi connectivity index (χ3n) is 7.85. The van der Waals surface area contributed by atoms with Gasteiger partial charge in [-0.15, -0.1) is 8.78 Å². The molecule has 196 valence electrons. The average molecular weight is 518 g/mol. The van der Waals surface area contributed by atoms with E-state index in [9.17, 15) is 23.8 Å². The largest absolute Gasteiger partial charge is 0.586 e. The van der Waals surface area contributed by atoms with E-state index >= 15 is 4.39 Å². The molecule has 1 saturated carbocycles. The number of Topliss-reactive ketones (excluding diaryl/α,β-unsaturated/α-hetero) is 1. The van der Waals surface area contributed by atoms with Crippen molar-refractivity contribution in [3.8, 4) is 11.5 Å². The molecule has 1 aromatic heterocycles. The van der Waals surface area contributed by atoms with Crippen LogP contribution in [0, 0.1) is 5.82 Å². The van der Waals surface area contributed by atoms with Gasteiger partial charge in [0.05, 0.1) is 29.5 Å². The number of carbonyl (C=O) groups excluding carboxylic acids is 1. The van der Waals surface area contributed by atoms with E-state index in [0.717, 1.165) is 5.69 Å². The maximum Gasteiger partial charge on any atom is 0.586 e. The molecule has 3 aliphatic rings. The third kappa shape index (κ3) is 3.81. The summed E-state index contributed by atoms with van der Waals surface area (Å²) in [5, 5.41) is 21.0. The number of hydrogen-bond donors (Lipinski definition) is 2. The number of carbonyl (C=O) groups is 1. The molecule has 2 N–H and O–H groups in total. The van der Waals surface area contributed by atoms with Crippen LogP contribution in [0.2, 0.25) is 0 Å². The van der Waals surface area contributed by atoms with Crippen molar-refractivity contribution >= 4 is 16.7 Å². The minimum Gasteiger partial charge on any atom is -0.395 e. The lowest BCUT2D eigenvalue weighted by Gasteiger charge is -2.29. The Bertz CT molecular complexity index is 1430. The summed E-state index contributed by atoms with van der Waals surface area (Å²) in [4.78, 5) is 13.4. The summed E-state index contributed by atoms with van der Waals surface area (Å²) in [5.41, 5.74) is 0.359. The van der Waals surface area contributed by atoms with Gasteiger partial charge in [-0.05, 0) is 68.1 Å². The lowest BCUT2D eigenvalue weighted by atomic mass is 9.87. The molecule has 0 spiro atoms. The van der Waals surface area contributed by atoms with Crippen molar-refractivity contribution in [1.29, 1.82) is 0 Å². The van der Waals surface area contributed by atoms with Crippen LogP contribution in [0.15, 0.2) is 36.4 Å². The van der Waals surface area contributed by atoms with Crippen molar-refractivity contribution in [1.82, 2.24) is 4.57 Å². The number of ketones is 1. The molecule has 0 radical (unpaired) electrons. The van der Waals surface area contributed by atoms with Crippen molar-refractivity contribution in [3.63, 3.8) is 0 Å². The highest BCUT2D eigenvalue weighted by molar-refractivity contribution is 5.95. The van der Waals surface area contributed by atoms with Gasteiger partial charge in [-0.25, -0.2) is 4.39 Å². The lowest BCUT2D eigenvalue weighted by molar-refractivity contribution is -0.286. The van der Waals surface area contributed by atoms with Crippen LogP contribution in [0.4, 0.5) is 13.2 Å². The van der Waals surface area contributed by atoms with Gasteiger partial charge in [0, 0.05) is 17.5 Å². The Morgan fingerprint density at radius 3 is 2.54 bits per heavy atom. The fourth-order valence-electron chi connectivity index (χ4n) is 5.47. The first-order valence-corrected chi connectivity index (χ1v) is 12.1. The number of aromatic nitrogens is 1. The minimum atomic E-state index is -3.75. The normalized spacial score (nSPS) is 24.5. The van der Waals surface area contributed by atoms with E-state index in [0.29, 0.717) is 29.3 Å². The first-order chi connectivity index (χ1) is 17.4. The monoisotopic (exact) mass is 517 g/mol. The number of nitrogens with zero attached hydrogens (tertiary/aromatic N) is 1. The van der Waals surface area contributed by atoms with Gasteiger partial charge in [-0.1, -0.05) is 6.07 Å². The predicted octanol–water partition coefficient (Wildman–Crippen LogP) is 3.93. The van der Waals surface area contributed by atoms with E-state index in [1.807, 2.05) is 10.6 Å². The average Bonchev–Trinajstić information content (AvgIpc) is 3.50. The number of aliphatic hydroxyl groups is 2. The van der Waals surface area contributed by atoms with Crippen LogP contribution in [-0.4, -0.2) is 45.9 Å². The number of benzene rings is 2. The Balaban J connectivity index is 1.32. The molecule has 10 heteroatoms. The molecule has 2 unspecified atom stereocenters. The molecule has 0 bridgehead atoms. The smallest absolute Gasteiger partial charge is 0.395 e. The molecule has 6 rings (SSSR count). The van der Waals surface area contributed by atoms with Gasteiger partial charge >= 0.3 is 6.29 Å². The highest BCUT2D eigenvalue weighted by atomic mass is 19.3. The highest BCUT2D eigenvalue weighted by Crippen LogP contribution is 2.53. The lowest BCUT2D eigenvalue weighted by Crippen LogP contribution is -2.37. The number of fused-ring (bicyclic) bond motifs is 4. The number of ether oxygens (including phenoxy) is 3. The van der Waals surface area contributed by atoms with Gasteiger partial charge in [0.25, 0.3) is 0 Å². The number of aliphatic hydroxyl groups excluding tert-OH is 2. The van der Waals surface area contributed by atoms with E-state index < -0.39 is 35.3 Å². The number of halogens is 3. The molecule has 3 aromatic rings. The van der Waals surface area contributed by atoms with Crippen LogP contribution in [0.25, 0.3) is 10.9 Å². The first kappa shape index (κ1) is 24.3. The molecule has 37 heavy (non-hydrogen) atoms. The van der Waals surface area contributed by atoms with Gasteiger partial charge in [-0.3, -0.25) is 4.79 Å². The summed E-state index contributed by atoms with van der Waals surface area (Å²) in [6.45, 7) is 3.54. The molecular formula is C27H26F3NO6. The third-order valence-corrected chi connectivity index (χ3v) is 7.85. The van der Waals surface area contributed by atoms with Crippen LogP contribution in [0.3, 0.4) is 0 Å². The molecule has 0 amide bonds. The highest BCUT2D eigenvalue weighted by Gasteiger charge is 2.52. The van der Waals surface area contributed by atoms with E-state index in [1.165, 1.54) is 18.2 Å². The zero-order valence-corrected chi connectivity index (χ0v) is 20.3. The van der Waals surface area contributed by atoms with Crippen LogP contribution < -0.4 is 9.47 Å². The van der Waals surface area contributed by atoms with Gasteiger partial charge in [0.15, 0.2) is 17.8 Å². The molecule has 2 aliphatic heterocycles. The predicted molar refractivity (Wildman–Crippen MR) is 125 cm³/mol. The summed E-state index contributed by atoms with van der Waals surface area (Å²) in [6.07, 6.45) is -4.68. The molecule has 1 aliphatic carbocycles. The fraction of sp³-hybridized carbons (Fsp3) is 0.444. The maximum atomic E-state index is 15.3. The summed E-state index contributed by atoms with van der Waals surface area (Å²) in [7, 11) is 0. The van der Waals surface area contributed by atoms with Crippen LogP contribution in [0.5, 0.6) is 11.5 Å². The molecule has 3 heterocycles. The maximum absolute atomic E-state index is 15.3. The molecule has 2 aromatic carbocycles. The quantitative estimate of drug-likeness (QED) is 0.533. The summed E-state index contributed by atoms with van der Waals surface area (Å²) in [6, 6.07) is 9.19. The molecule has 7 nitrogen and oxygen atoms in total. The van der Waals surface area contributed by atoms with Crippen molar-refractivity contribution in [3.05, 3.63) is 59.0 Å². The SMILES string of the molecule is CC1(C)c2cc3cc(CC(=O)C4(c5ccc6c(c5)OC(F)(F)O6)CC4)c(F)cc3n2CC(CO)OC1O. The summed E-state index contributed by atoms with van der Waals surface area (Å²) < 4.78 is 58.6. The zero-order chi connectivity index (χ0) is 26.3. The van der Waals surface area contributed by atoms with Crippen molar-refractivity contribution in [2.75, 3.05) is 6.61 Å². The Kier molecular flexibility index (Phi) is 5.22. The first-order valence-electron chi connectivity index (χ1n) is 12.1. The van der Waals surface area contributed by atoms with Crippen molar-refractivity contribution in [2.45, 2.75) is 69.2 Å². The van der Waals surface area contributed by atoms with Gasteiger partial charge in [0.1, 0.15) is 17.7 Å². The second-order valence-electron chi connectivity index (χ2n) is 10.7. The molecule has 1 fully saturated rings. The number of hydrogen-bond acceptors (Lipinski definition) is 6. The second-order valence-corrected chi connectivity index (χ2v) is 10.7. The Morgan fingerprint density at radius 1 is 1.11 bits per heavy atom. The van der Waals surface area contributed by atoms with Gasteiger partial charge in [-0.2, -0.15) is 0 Å². The topological polar surface area (TPSA) is 90.2 Å². The van der Waals surface area contributed by atoms with Crippen LogP contribution in [0.1, 0.15) is 43.5 Å². The standard InChI is InChI=1S/C27H26F3NO6/c1-25(2)22-8-15-7-14(18(28)11-19(15)31(22)12-17(13-32)35-24(25)34)9-23(33)26(5-6-26)16-3-4-20-21(10-16)37-27(29,30)36-20/h3-4,7-8,10-11,17,24,32,34H,5-6,9,12-13H2,1-2H3. The van der Waals surface area contributed by atoms with Crippen LogP contribution in [-0.2, 0) is 33.3 Å². The molecule has 2 atom stereocenters. The number of alkyl halides is 2. The van der Waals surface area contributed by atoms with E-state index in [2.05, 4.69) is 9.47 Å². The zero-order valence-electron chi connectivity index (χ0n) is 20.3. The summed E-state index contributed by atoms with van der Waals surface area (Å²) >= 11 is 0. The fourth-order valence-corrected chi connectivity index (χ4v) is 5.47. The minimum absolute atomic E-state index is 0.0937. The van der Waals surface area contributed by atoms with Crippen molar-refractivity contribution in [2.24, 2.45) is 0 Å². The molecule has 0 saturated heterocycles. The van der Waals surface area contributed by atoms with E-state index in [4.69, 9.17) is 4.74 Å². The Morgan fingerprint density at radius 2 is 1.84 bits per heavy atom. The van der Waals surface area contributed by atoms with E-state index in [1.54, 1.807) is 26.0 Å². The Labute approximate surface area is 210 Å². The second kappa shape index (κ2) is 7.96. The molecular weight excluding hydrogens is 491 g/mol. The van der Waals surface area contributed by atoms with Gasteiger partial charge < -0.3 is 29.0 Å². The number of rotatable bonds is 5. The van der Waals surface area contributed by atoms with Crippen LogP contribution >= 0.6 is 0 Å². The summed E-state index contributed by atoms with van der Waals surface area (Å²) in [5.74, 6) is -0.975. The van der Waals surface area contributed by atoms with E-state index in [-0.39, 0.29) is 42.4 Å².